The van der Waals surface area contributed by atoms with Gasteiger partial charge in [-0.05, 0) is 38.1 Å². The van der Waals surface area contributed by atoms with Crippen LogP contribution in [-0.4, -0.2) is 96.1 Å². The molecule has 1 amide bonds. The number of carbonyl (C=O) groups is 2. The second-order valence-electron chi connectivity index (χ2n) is 9.77. The molecule has 0 spiro atoms. The van der Waals surface area contributed by atoms with Gasteiger partial charge >= 0.3 is 10.4 Å². The number of ketones is 1. The minimum Gasteiger partial charge on any atom is -0.490 e. The highest BCUT2D eigenvalue weighted by molar-refractivity contribution is 7.80. The number of piperazine rings is 1. The van der Waals surface area contributed by atoms with E-state index >= 15 is 0 Å². The van der Waals surface area contributed by atoms with Crippen LogP contribution in [-0.2, 0) is 29.1 Å². The lowest BCUT2D eigenvalue weighted by molar-refractivity contribution is -0.228. The highest BCUT2D eigenvalue weighted by Gasteiger charge is 2.57. The lowest BCUT2D eigenvalue weighted by Gasteiger charge is -2.50. The largest absolute Gasteiger partial charge is 0.490 e. The molecular weight excluding hydrogens is 578 g/mol. The number of hydroxylamine groups is 2. The van der Waals surface area contributed by atoms with Crippen LogP contribution in [0.5, 0.6) is 5.75 Å². The second kappa shape index (κ2) is 12.5. The van der Waals surface area contributed by atoms with Crippen LogP contribution in [0.1, 0.15) is 31.5 Å². The molecule has 0 aliphatic carbocycles. The Morgan fingerprint density at radius 3 is 2.54 bits per heavy atom. The highest BCUT2D eigenvalue weighted by atomic mass is 32.3. The van der Waals surface area contributed by atoms with Crippen molar-refractivity contribution >= 4 is 50.1 Å². The molecule has 15 nitrogen and oxygen atoms in total. The Morgan fingerprint density at radius 1 is 1.27 bits per heavy atom. The fourth-order valence-electron chi connectivity index (χ4n) is 4.37. The summed E-state index contributed by atoms with van der Waals surface area (Å²) < 4.78 is 41.0. The molecule has 5 N–H and O–H groups in total. The number of nitrogen functional groups attached to an aromatic ring is 1. The Bertz CT molecular complexity index is 1420. The fraction of sp³-hybridized carbons (Fsp3) is 0.458. The van der Waals surface area contributed by atoms with E-state index in [1.807, 2.05) is 17.0 Å². The second-order valence-corrected chi connectivity index (χ2v) is 11.7. The summed E-state index contributed by atoms with van der Waals surface area (Å²) in [5, 5.41) is 17.8. The molecule has 2 aliphatic heterocycles. The molecule has 41 heavy (non-hydrogen) atoms. The average Bonchev–Trinajstić information content (AvgIpc) is 3.37. The van der Waals surface area contributed by atoms with E-state index in [1.54, 1.807) is 12.1 Å². The molecule has 2 aromatic rings. The number of thiazole rings is 1. The SMILES string of the molecule is CC1(C)[C@H](CC(=O)/C(=N\OCCOc2ccc(C(=N)N3CCNCC3)cc2)c2csc(N)n2)C(=O)N1OS(=O)(=O)O. The van der Waals surface area contributed by atoms with Crippen molar-refractivity contribution in [1.82, 2.24) is 20.3 Å². The lowest BCUT2D eigenvalue weighted by atomic mass is 9.74. The van der Waals surface area contributed by atoms with Crippen LogP contribution in [0.4, 0.5) is 5.13 Å². The van der Waals surface area contributed by atoms with E-state index < -0.39 is 33.5 Å². The number of aromatic nitrogens is 1. The number of nitrogens with one attached hydrogen (secondary N) is 2. The Morgan fingerprint density at radius 2 is 1.95 bits per heavy atom. The smallest absolute Gasteiger partial charge is 0.418 e. The number of amides is 1. The topological polar surface area (TPSA) is 210 Å². The highest BCUT2D eigenvalue weighted by Crippen LogP contribution is 2.40. The van der Waals surface area contributed by atoms with E-state index in [1.165, 1.54) is 19.2 Å². The van der Waals surface area contributed by atoms with Crippen LogP contribution >= 0.6 is 11.3 Å². The van der Waals surface area contributed by atoms with Gasteiger partial charge < -0.3 is 25.5 Å². The molecule has 0 saturated carbocycles. The molecule has 2 saturated heterocycles. The lowest BCUT2D eigenvalue weighted by Crippen LogP contribution is -2.68. The van der Waals surface area contributed by atoms with Gasteiger partial charge in [0.2, 0.25) is 0 Å². The standard InChI is InChI=1S/C24H31N7O8S2/c1-24(2)17(22(33)31(24)39-41(34,35)36)13-19(32)20(18-14-40-23(26)28-18)29-38-12-11-37-16-5-3-15(4-6-16)21(25)30-9-7-27-8-10-30/h3-6,14,17,25,27H,7-13H2,1-2H3,(H2,26,28)(H,34,35,36)/b25-21?,29-20-/t17-/m1/s1. The van der Waals surface area contributed by atoms with Gasteiger partial charge in [0.05, 0.1) is 11.5 Å². The summed E-state index contributed by atoms with van der Waals surface area (Å²) in [6.45, 7) is 6.32. The van der Waals surface area contributed by atoms with E-state index in [-0.39, 0.29) is 36.2 Å². The summed E-state index contributed by atoms with van der Waals surface area (Å²) in [4.78, 5) is 37.0. The first-order chi connectivity index (χ1) is 19.4. The number of carbonyl (C=O) groups excluding carboxylic acids is 2. The minimum atomic E-state index is -4.92. The van der Waals surface area contributed by atoms with Crippen LogP contribution in [0.25, 0.3) is 0 Å². The molecule has 3 heterocycles. The van der Waals surface area contributed by atoms with E-state index in [0.717, 1.165) is 43.1 Å². The van der Waals surface area contributed by atoms with Crippen molar-refractivity contribution < 1.29 is 36.4 Å². The summed E-state index contributed by atoms with van der Waals surface area (Å²) in [5.41, 5.74) is 5.29. The maximum atomic E-state index is 13.1. The Balaban J connectivity index is 1.33. The van der Waals surface area contributed by atoms with Gasteiger partial charge in [0, 0.05) is 43.5 Å². The number of anilines is 1. The number of ether oxygens (including phenoxy) is 1. The van der Waals surface area contributed by atoms with Crippen LogP contribution in [0.3, 0.4) is 0 Å². The molecule has 222 valence electrons. The summed E-state index contributed by atoms with van der Waals surface area (Å²) in [5.74, 6) is -1.29. The third-order valence-corrected chi connectivity index (χ3v) is 7.63. The normalized spacial score (nSPS) is 19.0. The minimum absolute atomic E-state index is 0.0153. The van der Waals surface area contributed by atoms with Gasteiger partial charge in [-0.2, -0.15) is 13.5 Å². The number of benzene rings is 1. The van der Waals surface area contributed by atoms with Crippen molar-refractivity contribution in [2.45, 2.75) is 25.8 Å². The van der Waals surface area contributed by atoms with Crippen LogP contribution in [0.2, 0.25) is 0 Å². The number of hydrogen-bond donors (Lipinski definition) is 4. The third-order valence-electron chi connectivity index (χ3n) is 6.62. The first kappa shape index (κ1) is 30.3. The molecule has 17 heteroatoms. The number of β-lactam (4-membered cyclic amide) rings is 1. The summed E-state index contributed by atoms with van der Waals surface area (Å²) in [7, 11) is -4.92. The zero-order valence-corrected chi connectivity index (χ0v) is 24.0. The van der Waals surface area contributed by atoms with Crippen molar-refractivity contribution in [3.8, 4) is 5.75 Å². The fourth-order valence-corrected chi connectivity index (χ4v) is 5.37. The van der Waals surface area contributed by atoms with Crippen LogP contribution in [0, 0.1) is 11.3 Å². The summed E-state index contributed by atoms with van der Waals surface area (Å²) >= 11 is 1.09. The van der Waals surface area contributed by atoms with Gasteiger partial charge in [0.1, 0.15) is 23.9 Å². The van der Waals surface area contributed by atoms with Gasteiger partial charge in [-0.25, -0.2) is 4.98 Å². The molecule has 1 aromatic heterocycles. The maximum Gasteiger partial charge on any atom is 0.418 e. The molecule has 0 unspecified atom stereocenters. The van der Waals surface area contributed by atoms with E-state index in [2.05, 4.69) is 19.7 Å². The van der Waals surface area contributed by atoms with Crippen molar-refractivity contribution in [3.05, 3.63) is 40.9 Å². The number of hydrogen-bond acceptors (Lipinski definition) is 13. The van der Waals surface area contributed by atoms with Gasteiger partial charge in [0.15, 0.2) is 23.2 Å². The van der Waals surface area contributed by atoms with Crippen LogP contribution < -0.4 is 15.8 Å². The van der Waals surface area contributed by atoms with Crippen LogP contribution in [0.15, 0.2) is 34.8 Å². The van der Waals surface area contributed by atoms with E-state index in [9.17, 15) is 18.0 Å². The van der Waals surface area contributed by atoms with Gasteiger partial charge in [-0.3, -0.25) is 19.6 Å². The van der Waals surface area contributed by atoms with Crippen molar-refractivity contribution in [1.29, 1.82) is 5.41 Å². The number of oxime groups is 1. The Kier molecular flexibility index (Phi) is 9.23. The number of Topliss-reactive ketones (excluding diaryl/α,β-unsaturated/α-hetero) is 1. The average molecular weight is 610 g/mol. The molecule has 2 fully saturated rings. The van der Waals surface area contributed by atoms with Crippen molar-refractivity contribution in [2.24, 2.45) is 11.1 Å². The first-order valence-corrected chi connectivity index (χ1v) is 14.8. The number of amidine groups is 1. The quantitative estimate of drug-likeness (QED) is 0.0654. The van der Waals surface area contributed by atoms with Crippen molar-refractivity contribution in [2.75, 3.05) is 45.1 Å². The molecule has 1 aromatic carbocycles. The van der Waals surface area contributed by atoms with Crippen molar-refractivity contribution in [3.63, 3.8) is 0 Å². The Hall–Kier alpha value is -3.64. The van der Waals surface area contributed by atoms with Gasteiger partial charge in [-0.1, -0.05) is 5.16 Å². The summed E-state index contributed by atoms with van der Waals surface area (Å²) in [6.07, 6.45) is -0.345. The molecule has 1 atom stereocenters. The number of rotatable bonds is 12. The summed E-state index contributed by atoms with van der Waals surface area (Å²) in [6, 6.07) is 7.14. The monoisotopic (exact) mass is 609 g/mol. The first-order valence-electron chi connectivity index (χ1n) is 12.6. The third kappa shape index (κ3) is 7.36. The van der Waals surface area contributed by atoms with Gasteiger partial charge in [-0.15, -0.1) is 15.6 Å². The Labute approximate surface area is 240 Å². The van der Waals surface area contributed by atoms with E-state index in [0.29, 0.717) is 16.6 Å². The predicted molar refractivity (Wildman–Crippen MR) is 149 cm³/mol. The molecule has 2 aliphatic rings. The predicted octanol–water partition coefficient (Wildman–Crippen LogP) is 0.686. The maximum absolute atomic E-state index is 13.1. The molecular formula is C24H31N7O8S2. The molecule has 4 rings (SSSR count). The number of nitrogens with zero attached hydrogens (tertiary/aromatic N) is 4. The molecule has 0 bridgehead atoms. The number of nitrogens with two attached hydrogens (primary N) is 1. The zero-order chi connectivity index (χ0) is 29.8. The van der Waals surface area contributed by atoms with E-state index in [4.69, 9.17) is 25.3 Å². The zero-order valence-electron chi connectivity index (χ0n) is 22.4. The van der Waals surface area contributed by atoms with Gasteiger partial charge in [0.25, 0.3) is 5.91 Å². The molecule has 0 radical (unpaired) electrons.